The fraction of sp³-hybridized carbons (Fsp3) is 0.484. The minimum absolute atomic E-state index is 0.00704. The zero-order valence-electron chi connectivity index (χ0n) is 23.6. The molecule has 1 atom stereocenters. The second kappa shape index (κ2) is 15.0. The molecule has 0 saturated heterocycles. The third kappa shape index (κ3) is 7.68. The number of fused-ring (bicyclic) bond motifs is 1. The number of benzene rings is 2. The smallest absolute Gasteiger partial charge is 0.305 e. The van der Waals surface area contributed by atoms with Gasteiger partial charge in [0.15, 0.2) is 0 Å². The Labute approximate surface area is 231 Å². The first-order valence-corrected chi connectivity index (χ1v) is 13.6. The van der Waals surface area contributed by atoms with Gasteiger partial charge in [0.1, 0.15) is 23.0 Å². The number of aryl methyl sites for hydroxylation is 1. The molecule has 1 amide bonds. The van der Waals surface area contributed by atoms with Crippen LogP contribution in [-0.4, -0.2) is 52.5 Å². The topological polar surface area (TPSA) is 92.3 Å². The Balaban J connectivity index is 1.63. The Morgan fingerprint density at radius 3 is 2.46 bits per heavy atom. The van der Waals surface area contributed by atoms with E-state index in [1.165, 1.54) is 12.7 Å². The summed E-state index contributed by atoms with van der Waals surface area (Å²) in [6, 6.07) is 7.62. The van der Waals surface area contributed by atoms with Gasteiger partial charge in [-0.2, -0.15) is 0 Å². The first kappa shape index (κ1) is 29.9. The van der Waals surface area contributed by atoms with Gasteiger partial charge in [0.25, 0.3) is 5.91 Å². The SMILES string of the molecule is C=CCc1c(OCCCOc2ccc3c(c2CCC)OC(CCC(=O)OC)CC3)ccc(C(=O)NC)c1OC. The van der Waals surface area contributed by atoms with Gasteiger partial charge in [0.2, 0.25) is 0 Å². The largest absolute Gasteiger partial charge is 0.495 e. The van der Waals surface area contributed by atoms with Crippen molar-refractivity contribution < 1.29 is 33.3 Å². The first-order valence-electron chi connectivity index (χ1n) is 13.6. The Kier molecular flexibility index (Phi) is 11.5. The van der Waals surface area contributed by atoms with Crippen LogP contribution in [0.25, 0.3) is 0 Å². The number of hydrogen-bond donors (Lipinski definition) is 1. The summed E-state index contributed by atoms with van der Waals surface area (Å²) in [4.78, 5) is 23.8. The molecule has 0 spiro atoms. The second-order valence-corrected chi connectivity index (χ2v) is 9.42. The van der Waals surface area contributed by atoms with E-state index in [0.29, 0.717) is 56.0 Å². The van der Waals surface area contributed by atoms with Crippen LogP contribution >= 0.6 is 0 Å². The molecule has 8 nitrogen and oxygen atoms in total. The number of methoxy groups -OCH3 is 2. The molecule has 0 radical (unpaired) electrons. The molecule has 0 saturated carbocycles. The lowest BCUT2D eigenvalue weighted by Crippen LogP contribution is -2.25. The number of carbonyl (C=O) groups is 2. The number of carbonyl (C=O) groups excluding carboxylic acids is 2. The number of ether oxygens (including phenoxy) is 5. The van der Waals surface area contributed by atoms with Crippen molar-refractivity contribution in [3.05, 3.63) is 59.2 Å². The summed E-state index contributed by atoms with van der Waals surface area (Å²) in [5.41, 5.74) is 3.51. The van der Waals surface area contributed by atoms with Crippen molar-refractivity contribution in [3.8, 4) is 23.0 Å². The van der Waals surface area contributed by atoms with E-state index in [1.54, 1.807) is 32.4 Å². The van der Waals surface area contributed by atoms with Crippen LogP contribution < -0.4 is 24.3 Å². The summed E-state index contributed by atoms with van der Waals surface area (Å²) >= 11 is 0. The molecule has 0 bridgehead atoms. The number of rotatable bonds is 15. The lowest BCUT2D eigenvalue weighted by Gasteiger charge is -2.29. The Morgan fingerprint density at radius 1 is 1.10 bits per heavy atom. The Hall–Kier alpha value is -3.68. The summed E-state index contributed by atoms with van der Waals surface area (Å²) < 4.78 is 29.0. The van der Waals surface area contributed by atoms with Crippen LogP contribution in [0.3, 0.4) is 0 Å². The third-order valence-corrected chi connectivity index (χ3v) is 6.76. The van der Waals surface area contributed by atoms with Crippen LogP contribution in [0.15, 0.2) is 36.9 Å². The molecule has 1 heterocycles. The third-order valence-electron chi connectivity index (χ3n) is 6.76. The molecule has 2 aromatic carbocycles. The molecule has 0 aromatic heterocycles. The number of hydrogen-bond acceptors (Lipinski definition) is 7. The zero-order valence-corrected chi connectivity index (χ0v) is 23.6. The molecule has 39 heavy (non-hydrogen) atoms. The highest BCUT2D eigenvalue weighted by Gasteiger charge is 2.25. The van der Waals surface area contributed by atoms with E-state index in [2.05, 4.69) is 24.9 Å². The van der Waals surface area contributed by atoms with Gasteiger partial charge in [0, 0.05) is 31.0 Å². The van der Waals surface area contributed by atoms with Gasteiger partial charge in [-0.05, 0) is 55.9 Å². The van der Waals surface area contributed by atoms with E-state index in [0.717, 1.165) is 48.3 Å². The number of nitrogens with one attached hydrogen (secondary N) is 1. The number of amides is 1. The molecule has 1 aliphatic rings. The van der Waals surface area contributed by atoms with Crippen LogP contribution in [0, 0.1) is 0 Å². The average molecular weight is 540 g/mol. The summed E-state index contributed by atoms with van der Waals surface area (Å²) in [6.07, 6.45) is 7.54. The monoisotopic (exact) mass is 539 g/mol. The molecule has 212 valence electrons. The maximum atomic E-state index is 12.2. The van der Waals surface area contributed by atoms with Crippen molar-refractivity contribution >= 4 is 11.9 Å². The lowest BCUT2D eigenvalue weighted by atomic mass is 9.95. The van der Waals surface area contributed by atoms with Crippen molar-refractivity contribution in [1.82, 2.24) is 5.32 Å². The summed E-state index contributed by atoms with van der Waals surface area (Å²) in [6.45, 7) is 6.88. The first-order chi connectivity index (χ1) is 19.0. The molecule has 1 N–H and O–H groups in total. The molecule has 2 aromatic rings. The second-order valence-electron chi connectivity index (χ2n) is 9.42. The summed E-state index contributed by atoms with van der Waals surface area (Å²) in [7, 11) is 4.54. The highest BCUT2D eigenvalue weighted by atomic mass is 16.5. The quantitative estimate of drug-likeness (QED) is 0.188. The Morgan fingerprint density at radius 2 is 1.82 bits per heavy atom. The predicted molar refractivity (Wildman–Crippen MR) is 150 cm³/mol. The molecule has 3 rings (SSSR count). The van der Waals surface area contributed by atoms with Crippen LogP contribution in [-0.2, 0) is 28.8 Å². The van der Waals surface area contributed by atoms with Crippen LogP contribution in [0.4, 0.5) is 0 Å². The van der Waals surface area contributed by atoms with Gasteiger partial charge in [-0.25, -0.2) is 0 Å². The fourth-order valence-corrected chi connectivity index (χ4v) is 4.80. The summed E-state index contributed by atoms with van der Waals surface area (Å²) in [5, 5.41) is 2.64. The van der Waals surface area contributed by atoms with Gasteiger partial charge >= 0.3 is 5.97 Å². The van der Waals surface area contributed by atoms with Gasteiger partial charge in [-0.15, -0.1) is 6.58 Å². The lowest BCUT2D eigenvalue weighted by molar-refractivity contribution is -0.141. The standard InChI is InChI=1S/C31H41NO7/c1-6-9-23-26(16-12-21-11-13-22(39-29(21)23)14-18-28(33)35-4)37-19-8-20-38-27-17-15-25(31(34)32-3)30(36-5)24(27)10-7-2/h7,12,15-17,22H,2,6,8-11,13-14,18-20H2,1,3-5H3,(H,32,34). The molecule has 1 unspecified atom stereocenters. The van der Waals surface area contributed by atoms with Crippen LogP contribution in [0.5, 0.6) is 23.0 Å². The van der Waals surface area contributed by atoms with Gasteiger partial charge in [-0.1, -0.05) is 25.5 Å². The van der Waals surface area contributed by atoms with E-state index in [9.17, 15) is 9.59 Å². The molecular weight excluding hydrogens is 498 g/mol. The van der Waals surface area contributed by atoms with Gasteiger partial charge in [-0.3, -0.25) is 9.59 Å². The van der Waals surface area contributed by atoms with Gasteiger partial charge in [0.05, 0.1) is 39.1 Å². The molecular formula is C31H41NO7. The fourth-order valence-electron chi connectivity index (χ4n) is 4.80. The maximum Gasteiger partial charge on any atom is 0.305 e. The number of allylic oxidation sites excluding steroid dienone is 1. The minimum atomic E-state index is -0.219. The average Bonchev–Trinajstić information content (AvgIpc) is 2.96. The van der Waals surface area contributed by atoms with E-state index in [-0.39, 0.29) is 18.0 Å². The Bertz CT molecular complexity index is 1140. The highest BCUT2D eigenvalue weighted by Crippen LogP contribution is 2.39. The normalized spacial score (nSPS) is 14.0. The van der Waals surface area contributed by atoms with Crippen molar-refractivity contribution in [2.75, 3.05) is 34.5 Å². The van der Waals surface area contributed by atoms with E-state index < -0.39 is 0 Å². The predicted octanol–water partition coefficient (Wildman–Crippen LogP) is 5.23. The highest BCUT2D eigenvalue weighted by molar-refractivity contribution is 5.97. The molecule has 8 heteroatoms. The van der Waals surface area contributed by atoms with Crippen LogP contribution in [0.2, 0.25) is 0 Å². The van der Waals surface area contributed by atoms with E-state index in [4.69, 9.17) is 23.7 Å². The maximum absolute atomic E-state index is 12.2. The molecule has 1 aliphatic heterocycles. The number of esters is 1. The van der Waals surface area contributed by atoms with Crippen molar-refractivity contribution in [3.63, 3.8) is 0 Å². The van der Waals surface area contributed by atoms with Crippen molar-refractivity contribution in [2.45, 2.75) is 64.4 Å². The van der Waals surface area contributed by atoms with Crippen molar-refractivity contribution in [1.29, 1.82) is 0 Å². The minimum Gasteiger partial charge on any atom is -0.495 e. The molecule has 0 fully saturated rings. The summed E-state index contributed by atoms with van der Waals surface area (Å²) in [5.74, 6) is 2.45. The van der Waals surface area contributed by atoms with Gasteiger partial charge < -0.3 is 29.0 Å². The van der Waals surface area contributed by atoms with Crippen molar-refractivity contribution in [2.24, 2.45) is 0 Å². The van der Waals surface area contributed by atoms with Crippen LogP contribution in [0.1, 0.15) is 66.1 Å². The zero-order chi connectivity index (χ0) is 28.2. The van der Waals surface area contributed by atoms with E-state index in [1.807, 2.05) is 6.07 Å². The van der Waals surface area contributed by atoms with E-state index >= 15 is 0 Å². The molecule has 0 aliphatic carbocycles.